The van der Waals surface area contributed by atoms with Crippen molar-refractivity contribution < 1.29 is 27.5 Å². The SMILES string of the molecule is O=C(O)Cc1cc(Cl)c(F)cc1C(F)(F)F. The molecule has 1 aromatic rings. The Hall–Kier alpha value is -1.30. The number of carboxylic acids is 1. The molecule has 0 bridgehead atoms. The summed E-state index contributed by atoms with van der Waals surface area (Å²) in [6.07, 6.45) is -5.68. The number of alkyl halides is 3. The Balaban J connectivity index is 3.33. The normalized spacial score (nSPS) is 11.6. The number of carboxylic acid groups (broad SMARTS) is 1. The molecule has 0 aliphatic rings. The van der Waals surface area contributed by atoms with Crippen molar-refractivity contribution in [2.75, 3.05) is 0 Å². The van der Waals surface area contributed by atoms with Gasteiger partial charge >= 0.3 is 12.1 Å². The molecule has 1 aromatic carbocycles. The average molecular weight is 257 g/mol. The fraction of sp³-hybridized carbons (Fsp3) is 0.222. The first-order valence-corrected chi connectivity index (χ1v) is 4.36. The molecule has 2 nitrogen and oxygen atoms in total. The van der Waals surface area contributed by atoms with E-state index in [1.165, 1.54) is 0 Å². The zero-order valence-corrected chi connectivity index (χ0v) is 8.36. The molecular formula is C9H5ClF4O2. The van der Waals surface area contributed by atoms with Gasteiger partial charge in [0.15, 0.2) is 0 Å². The van der Waals surface area contributed by atoms with Crippen LogP contribution in [0.1, 0.15) is 11.1 Å². The second kappa shape index (κ2) is 4.29. The van der Waals surface area contributed by atoms with Crippen LogP contribution in [0.3, 0.4) is 0 Å². The molecule has 0 unspecified atom stereocenters. The lowest BCUT2D eigenvalue weighted by Gasteiger charge is -2.12. The molecule has 16 heavy (non-hydrogen) atoms. The van der Waals surface area contributed by atoms with Crippen LogP contribution in [0.2, 0.25) is 5.02 Å². The summed E-state index contributed by atoms with van der Waals surface area (Å²) in [5.74, 6) is -2.68. The number of halogens is 5. The molecule has 0 fully saturated rings. The second-order valence-electron chi connectivity index (χ2n) is 2.99. The quantitative estimate of drug-likeness (QED) is 0.826. The molecule has 0 saturated carbocycles. The topological polar surface area (TPSA) is 37.3 Å². The van der Waals surface area contributed by atoms with Gasteiger partial charge in [0, 0.05) is 0 Å². The lowest BCUT2D eigenvalue weighted by atomic mass is 10.0. The first-order chi connectivity index (χ1) is 7.21. The molecule has 0 spiro atoms. The summed E-state index contributed by atoms with van der Waals surface area (Å²) in [5, 5.41) is 7.88. The third-order valence-corrected chi connectivity index (χ3v) is 2.08. The van der Waals surface area contributed by atoms with Crippen LogP contribution in [0.5, 0.6) is 0 Å². The van der Waals surface area contributed by atoms with Crippen molar-refractivity contribution >= 4 is 17.6 Å². The van der Waals surface area contributed by atoms with Crippen LogP contribution in [0.15, 0.2) is 12.1 Å². The van der Waals surface area contributed by atoms with E-state index in [0.29, 0.717) is 6.07 Å². The largest absolute Gasteiger partial charge is 0.481 e. The Morgan fingerprint density at radius 3 is 2.38 bits per heavy atom. The molecule has 1 N–H and O–H groups in total. The Bertz CT molecular complexity index is 428. The standard InChI is InChI=1S/C9H5ClF4O2/c10-6-1-4(2-8(15)16)5(3-7(6)11)9(12,13)14/h1,3H,2H2,(H,15,16). The van der Waals surface area contributed by atoms with Crippen molar-refractivity contribution in [2.24, 2.45) is 0 Å². The Labute approximate surface area is 92.4 Å². The molecule has 0 heterocycles. The van der Waals surface area contributed by atoms with Gasteiger partial charge in [-0.3, -0.25) is 4.79 Å². The van der Waals surface area contributed by atoms with Gasteiger partial charge in [0.2, 0.25) is 0 Å². The van der Waals surface area contributed by atoms with Crippen LogP contribution >= 0.6 is 11.6 Å². The Kier molecular flexibility index (Phi) is 3.42. The molecule has 0 aromatic heterocycles. The molecule has 0 aliphatic heterocycles. The third-order valence-electron chi connectivity index (χ3n) is 1.79. The zero-order valence-electron chi connectivity index (χ0n) is 7.61. The highest BCUT2D eigenvalue weighted by Crippen LogP contribution is 2.34. The highest BCUT2D eigenvalue weighted by Gasteiger charge is 2.34. The summed E-state index contributed by atoms with van der Waals surface area (Å²) in [6, 6.07) is 0.869. The van der Waals surface area contributed by atoms with Crippen LogP contribution in [-0.2, 0) is 17.4 Å². The van der Waals surface area contributed by atoms with Gasteiger partial charge in [-0.1, -0.05) is 11.6 Å². The summed E-state index contributed by atoms with van der Waals surface area (Å²) in [6.45, 7) is 0. The predicted molar refractivity (Wildman–Crippen MR) is 47.8 cm³/mol. The van der Waals surface area contributed by atoms with Crippen molar-refractivity contribution in [2.45, 2.75) is 12.6 Å². The number of hydrogen-bond donors (Lipinski definition) is 1. The zero-order chi connectivity index (χ0) is 12.5. The predicted octanol–water partition coefficient (Wildman–Crippen LogP) is 3.13. The monoisotopic (exact) mass is 256 g/mol. The highest BCUT2D eigenvalue weighted by molar-refractivity contribution is 6.30. The number of hydrogen-bond acceptors (Lipinski definition) is 1. The van der Waals surface area contributed by atoms with Crippen molar-refractivity contribution in [1.29, 1.82) is 0 Å². The van der Waals surface area contributed by atoms with Gasteiger partial charge in [-0.2, -0.15) is 13.2 Å². The molecule has 0 atom stereocenters. The van der Waals surface area contributed by atoms with Gasteiger partial charge < -0.3 is 5.11 Å². The van der Waals surface area contributed by atoms with Gasteiger partial charge in [-0.05, 0) is 17.7 Å². The third kappa shape index (κ3) is 2.85. The minimum Gasteiger partial charge on any atom is -0.481 e. The van der Waals surface area contributed by atoms with Crippen LogP contribution in [0, 0.1) is 5.82 Å². The van der Waals surface area contributed by atoms with E-state index in [1.807, 2.05) is 0 Å². The smallest absolute Gasteiger partial charge is 0.416 e. The van der Waals surface area contributed by atoms with Gasteiger partial charge in [-0.25, -0.2) is 4.39 Å². The van der Waals surface area contributed by atoms with Gasteiger partial charge in [-0.15, -0.1) is 0 Å². The van der Waals surface area contributed by atoms with E-state index in [4.69, 9.17) is 16.7 Å². The second-order valence-corrected chi connectivity index (χ2v) is 3.40. The lowest BCUT2D eigenvalue weighted by molar-refractivity contribution is -0.139. The maximum Gasteiger partial charge on any atom is 0.416 e. The van der Waals surface area contributed by atoms with E-state index in [1.54, 1.807) is 0 Å². The summed E-state index contributed by atoms with van der Waals surface area (Å²) >= 11 is 5.28. The van der Waals surface area contributed by atoms with Crippen molar-refractivity contribution in [3.63, 3.8) is 0 Å². The van der Waals surface area contributed by atoms with E-state index < -0.39 is 40.5 Å². The van der Waals surface area contributed by atoms with Crippen LogP contribution < -0.4 is 0 Å². The first kappa shape index (κ1) is 12.8. The van der Waals surface area contributed by atoms with Crippen LogP contribution in [0.25, 0.3) is 0 Å². The first-order valence-electron chi connectivity index (χ1n) is 3.98. The van der Waals surface area contributed by atoms with E-state index >= 15 is 0 Å². The number of aliphatic carboxylic acids is 1. The average Bonchev–Trinajstić information content (AvgIpc) is 2.08. The molecule has 0 aliphatic carbocycles. The summed E-state index contributed by atoms with van der Waals surface area (Å²) in [4.78, 5) is 10.3. The molecule has 7 heteroatoms. The van der Waals surface area contributed by atoms with Crippen molar-refractivity contribution in [1.82, 2.24) is 0 Å². The van der Waals surface area contributed by atoms with E-state index in [-0.39, 0.29) is 6.07 Å². The van der Waals surface area contributed by atoms with E-state index in [2.05, 4.69) is 0 Å². The van der Waals surface area contributed by atoms with E-state index in [0.717, 1.165) is 0 Å². The summed E-state index contributed by atoms with van der Waals surface area (Å²) in [7, 11) is 0. The number of rotatable bonds is 2. The fourth-order valence-corrected chi connectivity index (χ4v) is 1.35. The van der Waals surface area contributed by atoms with E-state index in [9.17, 15) is 22.4 Å². The fourth-order valence-electron chi connectivity index (χ4n) is 1.16. The summed E-state index contributed by atoms with van der Waals surface area (Å²) in [5.41, 5.74) is -1.89. The van der Waals surface area contributed by atoms with Gasteiger partial charge in [0.25, 0.3) is 0 Å². The summed E-state index contributed by atoms with van der Waals surface area (Å²) < 4.78 is 50.1. The van der Waals surface area contributed by atoms with Crippen molar-refractivity contribution in [3.05, 3.63) is 34.1 Å². The number of benzene rings is 1. The Morgan fingerprint density at radius 1 is 1.38 bits per heavy atom. The maximum atomic E-state index is 12.8. The highest BCUT2D eigenvalue weighted by atomic mass is 35.5. The van der Waals surface area contributed by atoms with Crippen LogP contribution in [-0.4, -0.2) is 11.1 Å². The minimum atomic E-state index is -4.81. The molecule has 88 valence electrons. The molecule has 0 radical (unpaired) electrons. The minimum absolute atomic E-state index is 0.195. The maximum absolute atomic E-state index is 12.8. The Morgan fingerprint density at radius 2 is 1.94 bits per heavy atom. The molecular weight excluding hydrogens is 252 g/mol. The molecule has 1 rings (SSSR count). The molecule has 0 saturated heterocycles. The lowest BCUT2D eigenvalue weighted by Crippen LogP contribution is -2.13. The number of carbonyl (C=O) groups is 1. The van der Waals surface area contributed by atoms with Gasteiger partial charge in [0.05, 0.1) is 17.0 Å². The van der Waals surface area contributed by atoms with Gasteiger partial charge in [0.1, 0.15) is 5.82 Å². The molecule has 0 amide bonds. The van der Waals surface area contributed by atoms with Crippen molar-refractivity contribution in [3.8, 4) is 0 Å². The van der Waals surface area contributed by atoms with Crippen LogP contribution in [0.4, 0.5) is 17.6 Å².